The summed E-state index contributed by atoms with van der Waals surface area (Å²) in [5.41, 5.74) is -1.84. The molecule has 7 unspecified atom stereocenters. The highest BCUT2D eigenvalue weighted by molar-refractivity contribution is 8.00. The minimum absolute atomic E-state index is 0.0813. The summed E-state index contributed by atoms with van der Waals surface area (Å²) in [6.45, 7) is 30.5. The molecule has 426 valence electrons. The molecule has 0 aliphatic carbocycles. The fourth-order valence-electron chi connectivity index (χ4n) is 7.77. The molecule has 4 rings (SSSR count). The average molecular weight is 1130 g/mol. The Kier molecular flexibility index (Phi) is 33.5. The van der Waals surface area contributed by atoms with E-state index in [1.807, 2.05) is 4.98 Å². The van der Waals surface area contributed by atoms with Crippen LogP contribution >= 0.6 is 35.2 Å². The molecule has 3 saturated heterocycles. The number of aromatic amines is 1. The van der Waals surface area contributed by atoms with Crippen LogP contribution in [-0.2, 0) is 45.7 Å². The van der Waals surface area contributed by atoms with Crippen LogP contribution < -0.4 is 56.6 Å². The summed E-state index contributed by atoms with van der Waals surface area (Å²) < 4.78 is 57.5. The van der Waals surface area contributed by atoms with E-state index in [-0.39, 0.29) is 37.0 Å². The number of unbranched alkanes of at least 4 members (excludes halogenated alkanes) is 3. The van der Waals surface area contributed by atoms with Gasteiger partial charge in [0.05, 0.1) is 77.6 Å². The van der Waals surface area contributed by atoms with Gasteiger partial charge in [0.1, 0.15) is 18.3 Å². The predicted molar refractivity (Wildman–Crippen MR) is 267 cm³/mol. The van der Waals surface area contributed by atoms with Gasteiger partial charge in [-0.1, -0.05) is 12.8 Å². The molecule has 1 aromatic heterocycles. The lowest BCUT2D eigenvalue weighted by Gasteiger charge is -2.34. The number of urea groups is 1. The molecule has 3 aliphatic heterocycles. The third-order valence-electron chi connectivity index (χ3n) is 12.4. The Labute approximate surface area is 433 Å². The number of amides is 3. The molecule has 10 atom stereocenters. The van der Waals surface area contributed by atoms with Gasteiger partial charge in [-0.05, 0) is 88.0 Å². The van der Waals surface area contributed by atoms with E-state index < -0.39 is 78.3 Å². The number of nitrogens with one attached hydrogen (secondary N) is 7. The summed E-state index contributed by atoms with van der Waals surface area (Å²) in [5, 5.41) is 29.2. The summed E-state index contributed by atoms with van der Waals surface area (Å²) in [4.78, 5) is 102. The fraction of sp³-hybridized carbons (Fsp3) is 0.837. The first-order valence-electron chi connectivity index (χ1n) is 25.4. The van der Waals surface area contributed by atoms with E-state index in [4.69, 9.17) is 4.74 Å². The van der Waals surface area contributed by atoms with Crippen molar-refractivity contribution in [3.8, 4) is 0 Å². The minimum Gasteiger partial charge on any atom is -0.756 e. The molecule has 0 saturated carbocycles. The number of aliphatic hydroxyl groups is 2. The van der Waals surface area contributed by atoms with Crippen LogP contribution in [0.3, 0.4) is 0 Å². The van der Waals surface area contributed by atoms with Crippen LogP contribution in [0.4, 0.5) is 4.79 Å². The molecule has 73 heavy (non-hydrogen) atoms. The minimum atomic E-state index is -6.32. The number of quaternary nitrogens is 3. The van der Waals surface area contributed by atoms with Gasteiger partial charge in [-0.25, -0.2) is 18.2 Å². The highest BCUT2D eigenvalue weighted by atomic mass is 32.2. The lowest BCUT2D eigenvalue weighted by atomic mass is 10.0. The molecule has 30 heteroatoms. The van der Waals surface area contributed by atoms with Gasteiger partial charge >= 0.3 is 25.5 Å². The molecule has 0 bridgehead atoms. The smallest absolute Gasteiger partial charge is 0.330 e. The van der Waals surface area contributed by atoms with Crippen LogP contribution in [0.5, 0.6) is 0 Å². The monoisotopic (exact) mass is 1130 g/mol. The third kappa shape index (κ3) is 26.9. The number of carbonyl (C=O) groups excluding carboxylic acids is 3. The first-order chi connectivity index (χ1) is 34.4. The second kappa shape index (κ2) is 35.7. The number of hydrogen-bond acceptors (Lipinski definition) is 19. The molecule has 3 fully saturated rings. The number of aromatic nitrogens is 2. The SMILES string of the molecule is CC[NH+](CC)CC.CC[NH+](CC)CC.CC[NH+](CC)CC.O=C(CCCCC1SCC2NC(=O)NC21)NCCCCCC(=O)OP(=O)([O-])OP(=O)([O-])OP(=O)([O-])OC[C@H]1O[C@@H](n2ccc(=O)[nH]c2=O)C(O)[C@H]1O. The van der Waals surface area contributed by atoms with E-state index in [0.29, 0.717) is 35.5 Å². The number of thioether (sulfide) groups is 1. The fourth-order valence-corrected chi connectivity index (χ4v) is 12.7. The lowest BCUT2D eigenvalue weighted by molar-refractivity contribution is -0.894. The van der Waals surface area contributed by atoms with Gasteiger partial charge in [0.15, 0.2) is 6.23 Å². The van der Waals surface area contributed by atoms with E-state index in [2.05, 4.69) is 95.9 Å². The normalized spacial score (nSPS) is 23.5. The Morgan fingerprint density at radius 2 is 1.29 bits per heavy atom. The molecule has 26 nitrogen and oxygen atoms in total. The number of rotatable bonds is 29. The van der Waals surface area contributed by atoms with Gasteiger partial charge in [0.25, 0.3) is 21.2 Å². The number of phosphoric ester groups is 2. The maximum atomic E-state index is 12.1. The molecule has 0 spiro atoms. The maximum absolute atomic E-state index is 12.1. The average Bonchev–Trinajstić information content (AvgIpc) is 3.97. The molecular weight excluding hydrogens is 1040 g/mol. The summed E-state index contributed by atoms with van der Waals surface area (Å²) >= 11 is 1.79. The van der Waals surface area contributed by atoms with Crippen LogP contribution in [0.15, 0.2) is 21.9 Å². The first kappa shape index (κ1) is 68.5. The van der Waals surface area contributed by atoms with Gasteiger partial charge in [-0.15, -0.1) is 0 Å². The Balaban J connectivity index is 0.00000106. The van der Waals surface area contributed by atoms with Gasteiger partial charge < -0.3 is 69.3 Å². The van der Waals surface area contributed by atoms with Crippen molar-refractivity contribution >= 4 is 53.1 Å². The predicted octanol–water partition coefficient (Wildman–Crippen LogP) is -2.65. The Morgan fingerprint density at radius 3 is 1.81 bits per heavy atom. The van der Waals surface area contributed by atoms with Crippen LogP contribution in [0.1, 0.15) is 120 Å². The van der Waals surface area contributed by atoms with Crippen molar-refractivity contribution in [1.29, 1.82) is 0 Å². The summed E-state index contributed by atoms with van der Waals surface area (Å²) in [5.74, 6) is -0.732. The molecule has 0 aromatic carbocycles. The zero-order valence-electron chi connectivity index (χ0n) is 44.0. The van der Waals surface area contributed by atoms with Crippen molar-refractivity contribution in [2.45, 2.75) is 156 Å². The van der Waals surface area contributed by atoms with E-state index >= 15 is 0 Å². The van der Waals surface area contributed by atoms with E-state index in [1.54, 1.807) is 26.5 Å². The van der Waals surface area contributed by atoms with Crippen molar-refractivity contribution < 1.29 is 90.1 Å². The number of nitrogens with zero attached hydrogens (tertiary/aromatic N) is 1. The molecule has 9 N–H and O–H groups in total. The van der Waals surface area contributed by atoms with Crippen LogP contribution in [0.25, 0.3) is 0 Å². The van der Waals surface area contributed by atoms with Crippen LogP contribution in [0.2, 0.25) is 0 Å². The van der Waals surface area contributed by atoms with Crippen molar-refractivity contribution in [2.24, 2.45) is 0 Å². The van der Waals surface area contributed by atoms with Crippen LogP contribution in [0, 0.1) is 0 Å². The number of fused-ring (bicyclic) bond motifs is 1. The highest BCUT2D eigenvalue weighted by Crippen LogP contribution is 2.63. The van der Waals surface area contributed by atoms with Crippen molar-refractivity contribution in [3.05, 3.63) is 33.1 Å². The van der Waals surface area contributed by atoms with E-state index in [0.717, 1.165) is 30.9 Å². The molecule has 1 aromatic rings. The van der Waals surface area contributed by atoms with Gasteiger partial charge in [0.2, 0.25) is 5.91 Å². The second-order valence-electron chi connectivity index (χ2n) is 17.3. The molecule has 3 aliphatic rings. The molecular formula is C43H85N8O18P3S. The Bertz CT molecular complexity index is 1990. The Morgan fingerprint density at radius 1 is 0.753 bits per heavy atom. The summed E-state index contributed by atoms with van der Waals surface area (Å²) in [7, 11) is -18.3. The zero-order valence-corrected chi connectivity index (χ0v) is 47.5. The van der Waals surface area contributed by atoms with Gasteiger partial charge in [-0.3, -0.25) is 37.6 Å². The Hall–Kier alpha value is -2.55. The highest BCUT2D eigenvalue weighted by Gasteiger charge is 2.45. The van der Waals surface area contributed by atoms with Crippen molar-refractivity contribution in [1.82, 2.24) is 25.5 Å². The molecule has 4 heterocycles. The number of carbonyl (C=O) groups is 3. The third-order valence-corrected chi connectivity index (χ3v) is 18.0. The maximum Gasteiger partial charge on any atom is 0.330 e. The topological polar surface area (TPSA) is 362 Å². The van der Waals surface area contributed by atoms with E-state index in [1.165, 1.54) is 58.9 Å². The van der Waals surface area contributed by atoms with Gasteiger partial charge in [0, 0.05) is 42.7 Å². The summed E-state index contributed by atoms with van der Waals surface area (Å²) in [6.07, 6.45) is -3.15. The number of hydrogen-bond donors (Lipinski definition) is 9. The molecule has 0 radical (unpaired) electrons. The first-order valence-corrected chi connectivity index (χ1v) is 30.8. The second-order valence-corrected chi connectivity index (χ2v) is 23.0. The largest absolute Gasteiger partial charge is 0.756 e. The standard InChI is InChI=1S/C25H40N5O18P3S.3C6H15N/c31-17(7-4-3-6-16-20-14(13-52-16)27-24(36)29-20)26-10-5-1-2-8-19(33)46-50(40,41)48-51(42,43)47-49(38,39)44-12-15-21(34)22(35)23(45-15)30-11-9-18(32)28-25(30)37;3*1-4-7(5-2)6-3/h9,11,14-16,20-23,34-35H,1-8,10,12-13H2,(H,26,31)(H,38,39)(H,40,41)(H,42,43)(H2,27,29,36)(H,28,32,37);3*4-6H2,1-3H3/t14?,15-,16?,20?,21+,22?,23-;;;/m1.../s1. The lowest BCUT2D eigenvalue weighted by Crippen LogP contribution is -3.11. The van der Waals surface area contributed by atoms with Crippen LogP contribution in [-0.4, -0.2) is 151 Å². The zero-order chi connectivity index (χ0) is 55.4. The van der Waals surface area contributed by atoms with Gasteiger partial charge in [-0.2, -0.15) is 11.8 Å². The summed E-state index contributed by atoms with van der Waals surface area (Å²) in [6, 6.07) is 0.977. The number of ether oxygens (including phenoxy) is 1. The molecule has 3 amide bonds. The number of H-pyrrole nitrogens is 1. The number of aliphatic hydroxyl groups excluding tert-OH is 2. The van der Waals surface area contributed by atoms with Crippen molar-refractivity contribution in [2.75, 3.05) is 77.8 Å². The van der Waals surface area contributed by atoms with E-state index in [9.17, 15) is 62.6 Å². The quantitative estimate of drug-likeness (QED) is 0.0225. The van der Waals surface area contributed by atoms with Crippen molar-refractivity contribution in [3.63, 3.8) is 0 Å². The number of phosphoric acid groups is 3.